The molecule has 100 valence electrons. The SMILES string of the molecule is Cc1ccc(CC(C)NC(=O)C(C)(C)C(=O)O)s1. The van der Waals surface area contributed by atoms with Gasteiger partial charge in [-0.15, -0.1) is 11.3 Å². The van der Waals surface area contributed by atoms with Crippen LogP contribution in [-0.2, 0) is 16.0 Å². The van der Waals surface area contributed by atoms with Crippen LogP contribution >= 0.6 is 11.3 Å². The van der Waals surface area contributed by atoms with Gasteiger partial charge in [-0.05, 0) is 39.8 Å². The van der Waals surface area contributed by atoms with E-state index in [1.807, 2.05) is 26.0 Å². The lowest BCUT2D eigenvalue weighted by Gasteiger charge is -2.21. The van der Waals surface area contributed by atoms with Gasteiger partial charge in [0.25, 0.3) is 0 Å². The van der Waals surface area contributed by atoms with E-state index < -0.39 is 17.3 Å². The van der Waals surface area contributed by atoms with Gasteiger partial charge in [0, 0.05) is 22.2 Å². The molecule has 1 amide bonds. The second-order valence-electron chi connectivity index (χ2n) is 5.02. The van der Waals surface area contributed by atoms with Crippen LogP contribution in [0.2, 0.25) is 0 Å². The summed E-state index contributed by atoms with van der Waals surface area (Å²) in [6.07, 6.45) is 0.722. The lowest BCUT2D eigenvalue weighted by molar-refractivity contribution is -0.153. The van der Waals surface area contributed by atoms with E-state index in [0.717, 1.165) is 6.42 Å². The summed E-state index contributed by atoms with van der Waals surface area (Å²) in [6.45, 7) is 6.73. The van der Waals surface area contributed by atoms with Crippen molar-refractivity contribution in [2.75, 3.05) is 0 Å². The number of carboxylic acid groups (broad SMARTS) is 1. The summed E-state index contributed by atoms with van der Waals surface area (Å²) in [4.78, 5) is 25.2. The summed E-state index contributed by atoms with van der Waals surface area (Å²) >= 11 is 1.69. The highest BCUT2D eigenvalue weighted by molar-refractivity contribution is 7.11. The van der Waals surface area contributed by atoms with Crippen LogP contribution in [0, 0.1) is 12.3 Å². The highest BCUT2D eigenvalue weighted by atomic mass is 32.1. The fourth-order valence-corrected chi connectivity index (χ4v) is 2.47. The first-order valence-electron chi connectivity index (χ1n) is 5.83. The summed E-state index contributed by atoms with van der Waals surface area (Å²) in [5.41, 5.74) is -1.39. The number of hydrogen-bond donors (Lipinski definition) is 2. The number of aryl methyl sites for hydroxylation is 1. The predicted octanol–water partition coefficient (Wildman–Crippen LogP) is 2.21. The van der Waals surface area contributed by atoms with Gasteiger partial charge in [-0.2, -0.15) is 0 Å². The van der Waals surface area contributed by atoms with E-state index in [1.165, 1.54) is 23.6 Å². The van der Waals surface area contributed by atoms with Crippen molar-refractivity contribution in [1.29, 1.82) is 0 Å². The van der Waals surface area contributed by atoms with Gasteiger partial charge in [0.15, 0.2) is 0 Å². The molecular weight excluding hydrogens is 250 g/mol. The molecule has 4 nitrogen and oxygen atoms in total. The van der Waals surface area contributed by atoms with Crippen LogP contribution in [0.5, 0.6) is 0 Å². The lowest BCUT2D eigenvalue weighted by Crippen LogP contribution is -2.46. The predicted molar refractivity (Wildman–Crippen MR) is 71.8 cm³/mol. The molecule has 5 heteroatoms. The number of carbonyl (C=O) groups excluding carboxylic acids is 1. The number of carboxylic acids is 1. The van der Waals surface area contributed by atoms with E-state index >= 15 is 0 Å². The molecule has 0 aliphatic rings. The van der Waals surface area contributed by atoms with Crippen molar-refractivity contribution in [3.63, 3.8) is 0 Å². The van der Waals surface area contributed by atoms with Gasteiger partial charge in [0.2, 0.25) is 5.91 Å². The number of hydrogen-bond acceptors (Lipinski definition) is 3. The third-order valence-corrected chi connectivity index (χ3v) is 3.81. The zero-order valence-electron chi connectivity index (χ0n) is 11.1. The maximum atomic E-state index is 11.8. The third-order valence-electron chi connectivity index (χ3n) is 2.78. The maximum Gasteiger partial charge on any atom is 0.318 e. The molecule has 1 rings (SSSR count). The molecule has 0 bridgehead atoms. The maximum absolute atomic E-state index is 11.8. The van der Waals surface area contributed by atoms with Gasteiger partial charge >= 0.3 is 5.97 Å². The number of rotatable bonds is 5. The van der Waals surface area contributed by atoms with Crippen LogP contribution < -0.4 is 5.32 Å². The van der Waals surface area contributed by atoms with Gasteiger partial charge in [0.05, 0.1) is 0 Å². The van der Waals surface area contributed by atoms with E-state index in [2.05, 4.69) is 5.32 Å². The lowest BCUT2D eigenvalue weighted by atomic mass is 9.92. The molecule has 0 saturated heterocycles. The fourth-order valence-electron chi connectivity index (χ4n) is 1.45. The zero-order valence-corrected chi connectivity index (χ0v) is 11.9. The summed E-state index contributed by atoms with van der Waals surface area (Å²) in [5, 5.41) is 11.7. The van der Waals surface area contributed by atoms with E-state index in [0.29, 0.717) is 0 Å². The minimum Gasteiger partial charge on any atom is -0.480 e. The van der Waals surface area contributed by atoms with E-state index in [-0.39, 0.29) is 6.04 Å². The largest absolute Gasteiger partial charge is 0.480 e. The Morgan fingerprint density at radius 2 is 2.06 bits per heavy atom. The van der Waals surface area contributed by atoms with Crippen LogP contribution in [0.15, 0.2) is 12.1 Å². The molecule has 0 radical (unpaired) electrons. The Morgan fingerprint density at radius 1 is 1.44 bits per heavy atom. The van der Waals surface area contributed by atoms with E-state index in [1.54, 1.807) is 11.3 Å². The zero-order chi connectivity index (χ0) is 13.9. The minimum atomic E-state index is -1.39. The second-order valence-corrected chi connectivity index (χ2v) is 6.39. The molecule has 0 aliphatic heterocycles. The Hall–Kier alpha value is -1.36. The molecule has 0 saturated carbocycles. The third kappa shape index (κ3) is 3.57. The first kappa shape index (κ1) is 14.7. The van der Waals surface area contributed by atoms with Crippen LogP contribution in [0.3, 0.4) is 0 Å². The van der Waals surface area contributed by atoms with Gasteiger partial charge < -0.3 is 10.4 Å². The van der Waals surface area contributed by atoms with Crippen molar-refractivity contribution in [1.82, 2.24) is 5.32 Å². The van der Waals surface area contributed by atoms with Gasteiger partial charge in [-0.1, -0.05) is 0 Å². The van der Waals surface area contributed by atoms with Gasteiger partial charge in [-0.3, -0.25) is 9.59 Å². The van der Waals surface area contributed by atoms with Crippen molar-refractivity contribution in [3.8, 4) is 0 Å². The molecule has 0 spiro atoms. The highest BCUT2D eigenvalue weighted by Gasteiger charge is 2.36. The van der Waals surface area contributed by atoms with Crippen LogP contribution in [0.25, 0.3) is 0 Å². The monoisotopic (exact) mass is 269 g/mol. The minimum absolute atomic E-state index is 0.0748. The van der Waals surface area contributed by atoms with Crippen LogP contribution in [-0.4, -0.2) is 23.0 Å². The molecule has 1 aromatic rings. The molecule has 1 heterocycles. The molecule has 1 atom stereocenters. The summed E-state index contributed by atoms with van der Waals surface area (Å²) in [5.74, 6) is -1.56. The Kier molecular flexibility index (Phi) is 4.51. The number of aliphatic carboxylic acids is 1. The van der Waals surface area contributed by atoms with Crippen molar-refractivity contribution in [2.24, 2.45) is 5.41 Å². The van der Waals surface area contributed by atoms with Crippen LogP contribution in [0.1, 0.15) is 30.5 Å². The van der Waals surface area contributed by atoms with Gasteiger partial charge in [-0.25, -0.2) is 0 Å². The van der Waals surface area contributed by atoms with Gasteiger partial charge in [0.1, 0.15) is 5.41 Å². The number of amides is 1. The van der Waals surface area contributed by atoms with Crippen LogP contribution in [0.4, 0.5) is 0 Å². The van der Waals surface area contributed by atoms with Crippen molar-refractivity contribution in [2.45, 2.75) is 40.2 Å². The molecule has 18 heavy (non-hydrogen) atoms. The molecule has 0 aromatic carbocycles. The number of nitrogens with one attached hydrogen (secondary N) is 1. The summed E-state index contributed by atoms with van der Waals surface area (Å²) in [6, 6.07) is 4.00. The van der Waals surface area contributed by atoms with E-state index in [4.69, 9.17) is 5.11 Å². The summed E-state index contributed by atoms with van der Waals surface area (Å²) in [7, 11) is 0. The Morgan fingerprint density at radius 3 is 2.50 bits per heavy atom. The normalized spacial score (nSPS) is 13.1. The van der Waals surface area contributed by atoms with Crippen molar-refractivity contribution < 1.29 is 14.7 Å². The molecule has 2 N–H and O–H groups in total. The Bertz CT molecular complexity index is 451. The molecule has 1 unspecified atom stereocenters. The fraction of sp³-hybridized carbons (Fsp3) is 0.538. The molecule has 1 aromatic heterocycles. The Labute approximate surface area is 111 Å². The molecular formula is C13H19NO3S. The molecule has 0 fully saturated rings. The quantitative estimate of drug-likeness (QED) is 0.805. The first-order valence-corrected chi connectivity index (χ1v) is 6.65. The van der Waals surface area contributed by atoms with E-state index in [9.17, 15) is 9.59 Å². The standard InChI is InChI=1S/C13H19NO3S/c1-8(7-10-6-5-9(2)18-10)14-11(15)13(3,4)12(16)17/h5-6,8H,7H2,1-4H3,(H,14,15)(H,16,17). The highest BCUT2D eigenvalue weighted by Crippen LogP contribution is 2.18. The number of carbonyl (C=O) groups is 2. The van der Waals surface area contributed by atoms with Crippen molar-refractivity contribution >= 4 is 23.2 Å². The Balaban J connectivity index is 2.57. The first-order chi connectivity index (χ1) is 8.23. The number of thiophene rings is 1. The smallest absolute Gasteiger partial charge is 0.318 e. The molecule has 0 aliphatic carbocycles. The second kappa shape index (κ2) is 5.52. The average Bonchev–Trinajstić information content (AvgIpc) is 2.63. The average molecular weight is 269 g/mol. The summed E-state index contributed by atoms with van der Waals surface area (Å²) < 4.78 is 0. The van der Waals surface area contributed by atoms with Crippen molar-refractivity contribution in [3.05, 3.63) is 21.9 Å². The topological polar surface area (TPSA) is 66.4 Å².